The number of carbonyl (C=O) groups is 2. The molecule has 0 atom stereocenters. The van der Waals surface area contributed by atoms with Gasteiger partial charge in [-0.05, 0) is 28.5 Å². The van der Waals surface area contributed by atoms with Crippen molar-refractivity contribution in [3.63, 3.8) is 0 Å². The van der Waals surface area contributed by atoms with Crippen molar-refractivity contribution < 1.29 is 19.1 Å². The lowest BCUT2D eigenvalue weighted by atomic mass is 9.79. The van der Waals surface area contributed by atoms with Crippen LogP contribution in [0.2, 0.25) is 0 Å². The van der Waals surface area contributed by atoms with Gasteiger partial charge < -0.3 is 9.47 Å². The number of benzene rings is 2. The first kappa shape index (κ1) is 21.7. The lowest BCUT2D eigenvalue weighted by molar-refractivity contribution is -0.146. The van der Waals surface area contributed by atoms with Crippen molar-refractivity contribution in [3.05, 3.63) is 59.2 Å². The molecule has 0 heterocycles. The first-order valence-electron chi connectivity index (χ1n) is 9.45. The highest BCUT2D eigenvalue weighted by Crippen LogP contribution is 2.42. The molecular weight excluding hydrogens is 352 g/mol. The summed E-state index contributed by atoms with van der Waals surface area (Å²) in [6, 6.07) is 12.9. The van der Waals surface area contributed by atoms with Gasteiger partial charge in [-0.3, -0.25) is 4.79 Å². The fourth-order valence-electron chi connectivity index (χ4n) is 2.95. The number of methoxy groups -OCH3 is 1. The van der Waals surface area contributed by atoms with Crippen LogP contribution in [0.25, 0.3) is 0 Å². The van der Waals surface area contributed by atoms with Crippen LogP contribution < -0.4 is 9.47 Å². The molecule has 0 amide bonds. The minimum absolute atomic E-state index is 0.0194. The van der Waals surface area contributed by atoms with Crippen LogP contribution in [0.15, 0.2) is 42.5 Å². The van der Waals surface area contributed by atoms with Gasteiger partial charge in [0.15, 0.2) is 0 Å². The minimum Gasteiger partial charge on any atom is -0.497 e. The fraction of sp³-hybridized carbons (Fsp3) is 0.417. The van der Waals surface area contributed by atoms with Crippen molar-refractivity contribution in [2.75, 3.05) is 7.11 Å². The normalized spacial score (nSPS) is 11.8. The number of ketones is 1. The summed E-state index contributed by atoms with van der Waals surface area (Å²) in [5, 5.41) is 0. The Bertz CT molecular complexity index is 817. The molecule has 0 saturated carbocycles. The van der Waals surface area contributed by atoms with E-state index in [1.165, 1.54) is 0 Å². The molecule has 4 nitrogen and oxygen atoms in total. The largest absolute Gasteiger partial charge is 0.497 e. The van der Waals surface area contributed by atoms with E-state index < -0.39 is 11.8 Å². The first-order valence-corrected chi connectivity index (χ1v) is 9.45. The highest BCUT2D eigenvalue weighted by molar-refractivity contribution is 6.34. The Morgan fingerprint density at radius 1 is 0.857 bits per heavy atom. The van der Waals surface area contributed by atoms with E-state index in [0.717, 1.165) is 16.7 Å². The van der Waals surface area contributed by atoms with Crippen molar-refractivity contribution in [2.45, 2.75) is 58.8 Å². The van der Waals surface area contributed by atoms with Gasteiger partial charge >= 0.3 is 5.97 Å². The van der Waals surface area contributed by atoms with Crippen molar-refractivity contribution in [1.29, 1.82) is 0 Å². The molecule has 28 heavy (non-hydrogen) atoms. The molecule has 2 aromatic rings. The van der Waals surface area contributed by atoms with E-state index >= 15 is 0 Å². The number of hydrogen-bond acceptors (Lipinski definition) is 4. The maximum atomic E-state index is 12.6. The molecular formula is C24H30O4. The van der Waals surface area contributed by atoms with Crippen LogP contribution in [0.3, 0.4) is 0 Å². The molecule has 0 fully saturated rings. The molecule has 4 heteroatoms. The Labute approximate surface area is 167 Å². The summed E-state index contributed by atoms with van der Waals surface area (Å²) in [6.45, 7) is 12.2. The Kier molecular flexibility index (Phi) is 6.33. The number of Topliss-reactive ketones (excluding diaryl/α,β-unsaturated/α-hetero) is 1. The molecule has 0 saturated heterocycles. The molecule has 0 aromatic heterocycles. The highest BCUT2D eigenvalue weighted by atomic mass is 16.5. The third kappa shape index (κ3) is 5.22. The molecule has 0 spiro atoms. The van der Waals surface area contributed by atoms with E-state index in [1.54, 1.807) is 7.11 Å². The van der Waals surface area contributed by atoms with Gasteiger partial charge in [-0.25, -0.2) is 4.79 Å². The number of hydrogen-bond donors (Lipinski definition) is 0. The Hall–Kier alpha value is -2.62. The Morgan fingerprint density at radius 3 is 1.79 bits per heavy atom. The van der Waals surface area contributed by atoms with Gasteiger partial charge in [0, 0.05) is 17.5 Å². The molecule has 0 aliphatic heterocycles. The highest BCUT2D eigenvalue weighted by Gasteiger charge is 2.31. The third-order valence-electron chi connectivity index (χ3n) is 4.54. The van der Waals surface area contributed by atoms with Gasteiger partial charge in [-0.15, -0.1) is 0 Å². The summed E-state index contributed by atoms with van der Waals surface area (Å²) in [5.74, 6) is -0.260. The van der Waals surface area contributed by atoms with E-state index in [9.17, 15) is 9.59 Å². The predicted molar refractivity (Wildman–Crippen MR) is 111 cm³/mol. The van der Waals surface area contributed by atoms with E-state index in [-0.39, 0.29) is 17.3 Å². The number of ether oxygens (including phenoxy) is 2. The molecule has 2 rings (SSSR count). The van der Waals surface area contributed by atoms with Gasteiger partial charge in [0.05, 0.1) is 7.11 Å². The first-order chi connectivity index (χ1) is 12.9. The van der Waals surface area contributed by atoms with Crippen LogP contribution in [0.1, 0.15) is 58.2 Å². The fourth-order valence-corrected chi connectivity index (χ4v) is 2.95. The Balaban J connectivity index is 2.45. The molecule has 0 N–H and O–H groups in total. The average molecular weight is 383 g/mol. The summed E-state index contributed by atoms with van der Waals surface area (Å²) in [5.41, 5.74) is 1.85. The topological polar surface area (TPSA) is 52.6 Å². The predicted octanol–water partition coefficient (Wildman–Crippen LogP) is 5.01. The molecule has 2 aromatic carbocycles. The molecule has 0 unspecified atom stereocenters. The average Bonchev–Trinajstić information content (AvgIpc) is 2.60. The van der Waals surface area contributed by atoms with Crippen molar-refractivity contribution in [1.82, 2.24) is 0 Å². The van der Waals surface area contributed by atoms with Crippen LogP contribution >= 0.6 is 0 Å². The second-order valence-electron chi connectivity index (χ2n) is 9.03. The monoisotopic (exact) mass is 382 g/mol. The van der Waals surface area contributed by atoms with Crippen LogP contribution in [-0.2, 0) is 26.8 Å². The van der Waals surface area contributed by atoms with E-state index in [0.29, 0.717) is 11.5 Å². The van der Waals surface area contributed by atoms with Gasteiger partial charge in [0.2, 0.25) is 5.78 Å². The SMILES string of the molecule is COc1cc(C(C)(C)C)c(OC(=O)C(=O)Cc2ccccc2)c(C(C)(C)C)c1. The second kappa shape index (κ2) is 8.17. The quantitative estimate of drug-likeness (QED) is 0.414. The standard InChI is InChI=1S/C24H30O4/c1-23(2,3)18-14-17(27-7)15-19(24(4,5)6)21(18)28-22(26)20(25)13-16-11-9-8-10-12-16/h8-12,14-15H,13H2,1-7H3. The maximum absolute atomic E-state index is 12.6. The number of esters is 1. The van der Waals surface area contributed by atoms with Gasteiger partial charge in [-0.1, -0.05) is 71.9 Å². The maximum Gasteiger partial charge on any atom is 0.380 e. The third-order valence-corrected chi connectivity index (χ3v) is 4.54. The van der Waals surface area contributed by atoms with Gasteiger partial charge in [0.1, 0.15) is 11.5 Å². The van der Waals surface area contributed by atoms with Crippen molar-refractivity contribution >= 4 is 11.8 Å². The molecule has 0 bridgehead atoms. The zero-order chi connectivity index (χ0) is 21.1. The lowest BCUT2D eigenvalue weighted by Gasteiger charge is -2.29. The summed E-state index contributed by atoms with van der Waals surface area (Å²) >= 11 is 0. The van der Waals surface area contributed by atoms with Crippen LogP contribution in [0.4, 0.5) is 0 Å². The summed E-state index contributed by atoms with van der Waals surface area (Å²) in [4.78, 5) is 25.1. The summed E-state index contributed by atoms with van der Waals surface area (Å²) in [7, 11) is 1.61. The molecule has 0 aliphatic carbocycles. The zero-order valence-electron chi connectivity index (χ0n) is 17.9. The number of carbonyl (C=O) groups excluding carboxylic acids is 2. The van der Waals surface area contributed by atoms with Crippen LogP contribution in [0.5, 0.6) is 11.5 Å². The van der Waals surface area contributed by atoms with Crippen molar-refractivity contribution in [2.24, 2.45) is 0 Å². The summed E-state index contributed by atoms with van der Waals surface area (Å²) in [6.07, 6.45) is 0.0194. The van der Waals surface area contributed by atoms with Crippen LogP contribution in [-0.4, -0.2) is 18.9 Å². The molecule has 150 valence electrons. The van der Waals surface area contributed by atoms with E-state index in [1.807, 2.05) is 84.0 Å². The molecule has 0 radical (unpaired) electrons. The van der Waals surface area contributed by atoms with E-state index in [4.69, 9.17) is 9.47 Å². The number of rotatable bonds is 5. The second-order valence-corrected chi connectivity index (χ2v) is 9.03. The Morgan fingerprint density at radius 2 is 1.36 bits per heavy atom. The molecule has 0 aliphatic rings. The smallest absolute Gasteiger partial charge is 0.380 e. The minimum atomic E-state index is -0.843. The van der Waals surface area contributed by atoms with Gasteiger partial charge in [-0.2, -0.15) is 0 Å². The lowest BCUT2D eigenvalue weighted by Crippen LogP contribution is -2.27. The van der Waals surface area contributed by atoms with E-state index in [2.05, 4.69) is 0 Å². The summed E-state index contributed by atoms with van der Waals surface area (Å²) < 4.78 is 11.2. The van der Waals surface area contributed by atoms with Crippen molar-refractivity contribution in [3.8, 4) is 11.5 Å². The van der Waals surface area contributed by atoms with Gasteiger partial charge in [0.25, 0.3) is 0 Å². The zero-order valence-corrected chi connectivity index (χ0v) is 17.9. The van der Waals surface area contributed by atoms with Crippen LogP contribution in [0, 0.1) is 0 Å².